The maximum atomic E-state index is 12.2. The first-order chi connectivity index (χ1) is 9.15. The molecule has 0 spiro atoms. The van der Waals surface area contributed by atoms with E-state index < -0.39 is 0 Å². The van der Waals surface area contributed by atoms with Gasteiger partial charge in [-0.2, -0.15) is 5.10 Å². The van der Waals surface area contributed by atoms with Crippen LogP contribution < -0.4 is 11.1 Å². The summed E-state index contributed by atoms with van der Waals surface area (Å²) >= 11 is 0. The molecule has 1 amide bonds. The lowest BCUT2D eigenvalue weighted by Crippen LogP contribution is -2.45. The fourth-order valence-electron chi connectivity index (χ4n) is 3.64. The molecular formula is C13H21N5O. The first kappa shape index (κ1) is 12.6. The third-order valence-corrected chi connectivity index (χ3v) is 4.58. The largest absolute Gasteiger partial charge is 0.355 e. The lowest BCUT2D eigenvalue weighted by Gasteiger charge is -2.26. The summed E-state index contributed by atoms with van der Waals surface area (Å²) in [4.78, 5) is 16.3. The molecule has 2 aliphatic carbocycles. The Balaban J connectivity index is 1.49. The summed E-state index contributed by atoms with van der Waals surface area (Å²) in [6.07, 6.45) is 5.85. The lowest BCUT2D eigenvalue weighted by molar-refractivity contribution is -0.127. The molecule has 6 nitrogen and oxygen atoms in total. The third-order valence-electron chi connectivity index (χ3n) is 4.58. The topological polar surface area (TPSA) is 85.8 Å². The minimum absolute atomic E-state index is 0.0236. The van der Waals surface area contributed by atoms with E-state index in [1.165, 1.54) is 6.42 Å². The summed E-state index contributed by atoms with van der Waals surface area (Å²) in [6, 6.07) is 0.0618. The van der Waals surface area contributed by atoms with Gasteiger partial charge in [0.15, 0.2) is 5.82 Å². The van der Waals surface area contributed by atoms with E-state index >= 15 is 0 Å². The average Bonchev–Trinajstić information content (AvgIpc) is 3.05. The van der Waals surface area contributed by atoms with Gasteiger partial charge in [-0.1, -0.05) is 0 Å². The molecule has 2 fully saturated rings. The van der Waals surface area contributed by atoms with Gasteiger partial charge in [-0.3, -0.25) is 9.48 Å². The molecule has 2 bridgehead atoms. The van der Waals surface area contributed by atoms with Gasteiger partial charge < -0.3 is 11.1 Å². The van der Waals surface area contributed by atoms with Gasteiger partial charge in [-0.05, 0) is 31.1 Å². The Morgan fingerprint density at radius 2 is 2.32 bits per heavy atom. The summed E-state index contributed by atoms with van der Waals surface area (Å²) in [5.74, 6) is 1.98. The Morgan fingerprint density at radius 1 is 1.53 bits per heavy atom. The van der Waals surface area contributed by atoms with Crippen LogP contribution in [0.4, 0.5) is 0 Å². The second-order valence-electron chi connectivity index (χ2n) is 5.81. The van der Waals surface area contributed by atoms with Crippen LogP contribution in [0.2, 0.25) is 0 Å². The molecule has 1 aromatic rings. The average molecular weight is 263 g/mol. The van der Waals surface area contributed by atoms with Crippen molar-refractivity contribution in [3.05, 3.63) is 12.2 Å². The number of hydrogen-bond donors (Lipinski definition) is 2. The molecule has 0 saturated heterocycles. The van der Waals surface area contributed by atoms with Crippen LogP contribution in [0, 0.1) is 17.8 Å². The minimum atomic E-state index is 0.0236. The highest BCUT2D eigenvalue weighted by molar-refractivity contribution is 5.80. The van der Waals surface area contributed by atoms with Crippen molar-refractivity contribution in [2.24, 2.45) is 30.5 Å². The summed E-state index contributed by atoms with van der Waals surface area (Å²) in [6.45, 7) is 0.587. The maximum absolute atomic E-state index is 12.2. The molecule has 0 aromatic carbocycles. The van der Waals surface area contributed by atoms with E-state index in [0.29, 0.717) is 24.8 Å². The standard InChI is InChI=1S/C13H21N5O/c1-18-7-16-10(17-18)4-5-15-13(19)11-8-2-3-9(6-8)12(11)14/h7-9,11-12H,2-6,14H2,1H3,(H,15,19). The van der Waals surface area contributed by atoms with Gasteiger partial charge in [-0.25, -0.2) is 4.98 Å². The molecule has 6 heteroatoms. The Morgan fingerprint density at radius 3 is 2.95 bits per heavy atom. The molecule has 1 aromatic heterocycles. The van der Waals surface area contributed by atoms with Crippen LogP contribution in [0.5, 0.6) is 0 Å². The number of hydrogen-bond acceptors (Lipinski definition) is 4. The lowest BCUT2D eigenvalue weighted by atomic mass is 9.84. The predicted molar refractivity (Wildman–Crippen MR) is 70.0 cm³/mol. The fraction of sp³-hybridized carbons (Fsp3) is 0.769. The van der Waals surface area contributed by atoms with Gasteiger partial charge in [0.05, 0.1) is 5.92 Å². The number of carbonyl (C=O) groups excluding carboxylic acids is 1. The van der Waals surface area contributed by atoms with E-state index in [9.17, 15) is 4.79 Å². The van der Waals surface area contributed by atoms with Crippen LogP contribution >= 0.6 is 0 Å². The monoisotopic (exact) mass is 263 g/mol. The van der Waals surface area contributed by atoms with Crippen molar-refractivity contribution in [3.63, 3.8) is 0 Å². The van der Waals surface area contributed by atoms with Gasteiger partial charge >= 0.3 is 0 Å². The van der Waals surface area contributed by atoms with Gasteiger partial charge in [0.25, 0.3) is 0 Å². The highest BCUT2D eigenvalue weighted by atomic mass is 16.1. The molecule has 104 valence electrons. The van der Waals surface area contributed by atoms with E-state index in [-0.39, 0.29) is 17.9 Å². The van der Waals surface area contributed by atoms with Gasteiger partial charge in [-0.15, -0.1) is 0 Å². The molecule has 3 N–H and O–H groups in total. The van der Waals surface area contributed by atoms with Crippen molar-refractivity contribution in [1.82, 2.24) is 20.1 Å². The molecular weight excluding hydrogens is 242 g/mol. The zero-order valence-corrected chi connectivity index (χ0v) is 11.2. The number of aryl methyl sites for hydroxylation is 1. The highest BCUT2D eigenvalue weighted by Gasteiger charge is 2.48. The van der Waals surface area contributed by atoms with Crippen LogP contribution in [0.15, 0.2) is 6.33 Å². The van der Waals surface area contributed by atoms with E-state index in [2.05, 4.69) is 15.4 Å². The van der Waals surface area contributed by atoms with Crippen molar-refractivity contribution in [2.75, 3.05) is 6.54 Å². The van der Waals surface area contributed by atoms with Crippen molar-refractivity contribution in [3.8, 4) is 0 Å². The van der Waals surface area contributed by atoms with Crippen LogP contribution in [-0.2, 0) is 18.3 Å². The summed E-state index contributed by atoms with van der Waals surface area (Å²) in [5.41, 5.74) is 6.16. The molecule has 1 heterocycles. The van der Waals surface area contributed by atoms with Crippen LogP contribution in [0.3, 0.4) is 0 Å². The van der Waals surface area contributed by atoms with Crippen LogP contribution in [-0.4, -0.2) is 33.3 Å². The first-order valence-electron chi connectivity index (χ1n) is 7.03. The zero-order valence-electron chi connectivity index (χ0n) is 11.2. The number of amides is 1. The summed E-state index contributed by atoms with van der Waals surface area (Å²) in [7, 11) is 1.84. The number of nitrogens with two attached hydrogens (primary N) is 1. The number of nitrogens with one attached hydrogen (secondary N) is 1. The second-order valence-corrected chi connectivity index (χ2v) is 5.81. The second kappa shape index (κ2) is 4.92. The van der Waals surface area contributed by atoms with E-state index in [1.807, 2.05) is 7.05 Å². The molecule has 0 aliphatic heterocycles. The molecule has 0 radical (unpaired) electrons. The predicted octanol–water partition coefficient (Wildman–Crippen LogP) is -0.153. The van der Waals surface area contributed by atoms with Crippen LogP contribution in [0.25, 0.3) is 0 Å². The molecule has 4 atom stereocenters. The van der Waals surface area contributed by atoms with Gasteiger partial charge in [0, 0.05) is 26.1 Å². The number of nitrogens with zero attached hydrogens (tertiary/aromatic N) is 3. The summed E-state index contributed by atoms with van der Waals surface area (Å²) < 4.78 is 1.67. The Hall–Kier alpha value is -1.43. The van der Waals surface area contributed by atoms with Gasteiger partial charge in [0.2, 0.25) is 5.91 Å². The molecule has 2 saturated carbocycles. The Labute approximate surface area is 112 Å². The van der Waals surface area contributed by atoms with Crippen molar-refractivity contribution >= 4 is 5.91 Å². The Kier molecular flexibility index (Phi) is 3.26. The SMILES string of the molecule is Cn1cnc(CCNC(=O)C2C3CCC(C3)C2N)n1. The number of aromatic nitrogens is 3. The maximum Gasteiger partial charge on any atom is 0.224 e. The van der Waals surface area contributed by atoms with Crippen molar-refractivity contribution in [2.45, 2.75) is 31.7 Å². The van der Waals surface area contributed by atoms with E-state index in [1.54, 1.807) is 11.0 Å². The van der Waals surface area contributed by atoms with Crippen molar-refractivity contribution < 1.29 is 4.79 Å². The van der Waals surface area contributed by atoms with Crippen molar-refractivity contribution in [1.29, 1.82) is 0 Å². The normalized spacial score (nSPS) is 32.7. The number of carbonyl (C=O) groups is 1. The highest BCUT2D eigenvalue weighted by Crippen LogP contribution is 2.47. The molecule has 4 unspecified atom stereocenters. The fourth-order valence-corrected chi connectivity index (χ4v) is 3.64. The summed E-state index contributed by atoms with van der Waals surface area (Å²) in [5, 5.41) is 7.18. The molecule has 2 aliphatic rings. The third kappa shape index (κ3) is 2.36. The Bertz CT molecular complexity index is 469. The first-order valence-corrected chi connectivity index (χ1v) is 7.03. The minimum Gasteiger partial charge on any atom is -0.355 e. The van der Waals surface area contributed by atoms with Crippen LogP contribution in [0.1, 0.15) is 25.1 Å². The van der Waals surface area contributed by atoms with E-state index in [4.69, 9.17) is 5.73 Å². The number of fused-ring (bicyclic) bond motifs is 2. The zero-order chi connectivity index (χ0) is 13.4. The van der Waals surface area contributed by atoms with E-state index in [0.717, 1.165) is 18.7 Å². The molecule has 3 rings (SSSR count). The molecule has 19 heavy (non-hydrogen) atoms. The smallest absolute Gasteiger partial charge is 0.224 e. The number of rotatable bonds is 4. The quantitative estimate of drug-likeness (QED) is 0.791. The van der Waals surface area contributed by atoms with Gasteiger partial charge in [0.1, 0.15) is 6.33 Å².